The van der Waals surface area contributed by atoms with Crippen LogP contribution < -0.4 is 5.56 Å². The largest absolute Gasteiger partial charge is 0.303 e. The number of nitrogens with zero attached hydrogens (tertiary/aromatic N) is 2. The lowest BCUT2D eigenvalue weighted by molar-refractivity contribution is 0.242. The second-order valence-corrected chi connectivity index (χ2v) is 5.53. The minimum Gasteiger partial charge on any atom is -0.303 e. The van der Waals surface area contributed by atoms with E-state index in [1.54, 1.807) is 11.8 Å². The third kappa shape index (κ3) is 6.65. The van der Waals surface area contributed by atoms with Crippen molar-refractivity contribution in [2.75, 3.05) is 25.4 Å². The van der Waals surface area contributed by atoms with Gasteiger partial charge in [0.1, 0.15) is 0 Å². The van der Waals surface area contributed by atoms with Crippen molar-refractivity contribution in [3.63, 3.8) is 0 Å². The highest BCUT2D eigenvalue weighted by Gasteiger charge is 2.09. The first-order chi connectivity index (χ1) is 8.24. The zero-order valence-corrected chi connectivity index (χ0v) is 13.5. The zero-order chi connectivity index (χ0) is 12.1. The molecule has 2 heterocycles. The number of piperidine rings is 1. The van der Waals surface area contributed by atoms with Gasteiger partial charge >= 0.3 is 0 Å². The molecule has 0 saturated carbocycles. The molecule has 0 radical (unpaired) electrons. The van der Waals surface area contributed by atoms with Gasteiger partial charge in [0.05, 0.1) is 0 Å². The fourth-order valence-electron chi connectivity index (χ4n) is 2.07. The van der Waals surface area contributed by atoms with E-state index in [0.29, 0.717) is 0 Å². The van der Waals surface area contributed by atoms with Crippen LogP contribution in [0.15, 0.2) is 16.0 Å². The molecule has 0 atom stereocenters. The smallest absolute Gasteiger partial charge is 0.251 e. The van der Waals surface area contributed by atoms with Gasteiger partial charge in [-0.1, -0.05) is 18.2 Å². The summed E-state index contributed by atoms with van der Waals surface area (Å²) in [4.78, 5) is 20.8. The van der Waals surface area contributed by atoms with Crippen LogP contribution >= 0.6 is 36.6 Å². The molecule has 110 valence electrons. The minimum atomic E-state index is -0.0574. The van der Waals surface area contributed by atoms with E-state index in [4.69, 9.17) is 0 Å². The topological polar surface area (TPSA) is 49.0 Å². The summed E-state index contributed by atoms with van der Waals surface area (Å²) in [6.07, 6.45) is 4.02. The highest BCUT2D eigenvalue weighted by molar-refractivity contribution is 7.99. The third-order valence-corrected chi connectivity index (χ3v) is 3.80. The van der Waals surface area contributed by atoms with Crippen LogP contribution in [0, 0.1) is 6.92 Å². The lowest BCUT2D eigenvalue weighted by Gasteiger charge is -2.25. The molecular formula is C12H21Cl2N3OS. The summed E-state index contributed by atoms with van der Waals surface area (Å²) in [5.41, 5.74) is 0.729. The average Bonchev–Trinajstić information content (AvgIpc) is 2.29. The summed E-state index contributed by atoms with van der Waals surface area (Å²) in [6.45, 7) is 5.38. The summed E-state index contributed by atoms with van der Waals surface area (Å²) < 4.78 is 0. The Hall–Kier alpha value is -0.230. The van der Waals surface area contributed by atoms with Crippen LogP contribution in [0.5, 0.6) is 0 Å². The first-order valence-electron chi connectivity index (χ1n) is 6.17. The molecule has 0 aliphatic carbocycles. The number of aromatic amines is 1. The van der Waals surface area contributed by atoms with Gasteiger partial charge < -0.3 is 9.88 Å². The van der Waals surface area contributed by atoms with Crippen molar-refractivity contribution in [1.29, 1.82) is 0 Å². The molecule has 1 N–H and O–H groups in total. The van der Waals surface area contributed by atoms with E-state index in [-0.39, 0.29) is 30.4 Å². The maximum atomic E-state index is 11.3. The summed E-state index contributed by atoms with van der Waals surface area (Å²) in [6, 6.07) is 1.52. The Labute approximate surface area is 130 Å². The van der Waals surface area contributed by atoms with Crippen molar-refractivity contribution < 1.29 is 0 Å². The van der Waals surface area contributed by atoms with E-state index in [0.717, 1.165) is 23.1 Å². The van der Waals surface area contributed by atoms with Crippen LogP contribution in [-0.2, 0) is 0 Å². The Balaban J connectivity index is 0.00000162. The van der Waals surface area contributed by atoms with Gasteiger partial charge in [-0.3, -0.25) is 4.79 Å². The predicted molar refractivity (Wildman–Crippen MR) is 85.1 cm³/mol. The Kier molecular flexibility index (Phi) is 9.52. The zero-order valence-electron chi connectivity index (χ0n) is 11.1. The molecule has 7 heteroatoms. The second kappa shape index (κ2) is 9.64. The summed E-state index contributed by atoms with van der Waals surface area (Å²) in [7, 11) is 0. The molecule has 1 saturated heterocycles. The Morgan fingerprint density at radius 2 is 2.00 bits per heavy atom. The standard InChI is InChI=1S/C12H19N3OS.2ClH/c1-10-9-11(16)14-12(13-10)17-8-7-15-5-3-2-4-6-15;;/h9H,2-8H2,1H3,(H,13,14,16);2*1H. The van der Waals surface area contributed by atoms with E-state index >= 15 is 0 Å². The molecule has 19 heavy (non-hydrogen) atoms. The Morgan fingerprint density at radius 3 is 2.63 bits per heavy atom. The fourth-order valence-corrected chi connectivity index (χ4v) is 3.00. The van der Waals surface area contributed by atoms with Crippen molar-refractivity contribution >= 4 is 36.6 Å². The van der Waals surface area contributed by atoms with Crippen LogP contribution in [0.1, 0.15) is 25.0 Å². The van der Waals surface area contributed by atoms with Crippen molar-refractivity contribution in [3.8, 4) is 0 Å². The first-order valence-corrected chi connectivity index (χ1v) is 7.16. The molecule has 0 spiro atoms. The minimum absolute atomic E-state index is 0. The van der Waals surface area contributed by atoms with E-state index in [9.17, 15) is 4.79 Å². The molecular weight excluding hydrogens is 305 g/mol. The van der Waals surface area contributed by atoms with Crippen molar-refractivity contribution in [2.24, 2.45) is 0 Å². The number of likely N-dealkylation sites (tertiary alicyclic amines) is 1. The van der Waals surface area contributed by atoms with E-state index in [1.165, 1.54) is 38.4 Å². The van der Waals surface area contributed by atoms with Gasteiger partial charge in [0.2, 0.25) is 0 Å². The van der Waals surface area contributed by atoms with Gasteiger partial charge in [0.15, 0.2) is 5.16 Å². The molecule has 1 aromatic heterocycles. The van der Waals surface area contributed by atoms with Crippen LogP contribution in [0.2, 0.25) is 0 Å². The van der Waals surface area contributed by atoms with Gasteiger partial charge in [-0.15, -0.1) is 24.8 Å². The number of H-pyrrole nitrogens is 1. The highest BCUT2D eigenvalue weighted by Crippen LogP contribution is 2.13. The molecule has 0 aromatic carbocycles. The number of aromatic nitrogens is 2. The fraction of sp³-hybridized carbons (Fsp3) is 0.667. The number of hydrogen-bond donors (Lipinski definition) is 1. The summed E-state index contributed by atoms with van der Waals surface area (Å²) >= 11 is 1.63. The molecule has 1 aromatic rings. The molecule has 0 bridgehead atoms. The number of rotatable bonds is 4. The number of hydrogen-bond acceptors (Lipinski definition) is 4. The van der Waals surface area contributed by atoms with Crippen molar-refractivity contribution in [3.05, 3.63) is 22.1 Å². The van der Waals surface area contributed by atoms with Gasteiger partial charge in [0, 0.05) is 24.1 Å². The SMILES string of the molecule is Cc1cc(=O)[nH]c(SCCN2CCCCC2)n1.Cl.Cl. The number of aryl methyl sites for hydroxylation is 1. The highest BCUT2D eigenvalue weighted by atomic mass is 35.5. The number of halogens is 2. The number of thioether (sulfide) groups is 1. The van der Waals surface area contributed by atoms with Crippen LogP contribution in [0.3, 0.4) is 0 Å². The van der Waals surface area contributed by atoms with Crippen LogP contribution in [0.4, 0.5) is 0 Å². The predicted octanol–water partition coefficient (Wildman–Crippen LogP) is 2.50. The van der Waals surface area contributed by atoms with Gasteiger partial charge in [-0.25, -0.2) is 4.98 Å². The van der Waals surface area contributed by atoms with Gasteiger partial charge in [-0.2, -0.15) is 0 Å². The van der Waals surface area contributed by atoms with E-state index in [2.05, 4.69) is 14.9 Å². The first kappa shape index (κ1) is 18.8. The molecule has 1 aliphatic rings. The molecule has 1 aliphatic heterocycles. The summed E-state index contributed by atoms with van der Waals surface area (Å²) in [5, 5.41) is 0.743. The normalized spacial score (nSPS) is 15.4. The van der Waals surface area contributed by atoms with Crippen LogP contribution in [-0.4, -0.2) is 40.3 Å². The lowest BCUT2D eigenvalue weighted by Crippen LogP contribution is -2.31. The average molecular weight is 326 g/mol. The quantitative estimate of drug-likeness (QED) is 0.682. The molecule has 4 nitrogen and oxygen atoms in total. The lowest BCUT2D eigenvalue weighted by atomic mass is 10.1. The monoisotopic (exact) mass is 325 g/mol. The Morgan fingerprint density at radius 1 is 1.32 bits per heavy atom. The maximum absolute atomic E-state index is 11.3. The summed E-state index contributed by atoms with van der Waals surface area (Å²) in [5.74, 6) is 0.992. The van der Waals surface area contributed by atoms with Crippen molar-refractivity contribution in [1.82, 2.24) is 14.9 Å². The van der Waals surface area contributed by atoms with E-state index in [1.807, 2.05) is 6.92 Å². The van der Waals surface area contributed by atoms with E-state index < -0.39 is 0 Å². The Bertz CT molecular complexity index is 422. The van der Waals surface area contributed by atoms with Gasteiger partial charge in [-0.05, 0) is 32.9 Å². The number of nitrogens with one attached hydrogen (secondary N) is 1. The van der Waals surface area contributed by atoms with Gasteiger partial charge in [0.25, 0.3) is 5.56 Å². The second-order valence-electron chi connectivity index (χ2n) is 4.44. The molecule has 0 unspecified atom stereocenters. The maximum Gasteiger partial charge on any atom is 0.251 e. The molecule has 0 amide bonds. The molecule has 2 rings (SSSR count). The van der Waals surface area contributed by atoms with Crippen molar-refractivity contribution in [2.45, 2.75) is 31.3 Å². The third-order valence-electron chi connectivity index (χ3n) is 2.94. The molecule has 1 fully saturated rings. The van der Waals surface area contributed by atoms with Crippen LogP contribution in [0.25, 0.3) is 0 Å².